The van der Waals surface area contributed by atoms with Gasteiger partial charge in [-0.05, 0) is 30.5 Å². The van der Waals surface area contributed by atoms with Crippen LogP contribution in [-0.2, 0) is 26.9 Å². The van der Waals surface area contributed by atoms with Crippen molar-refractivity contribution >= 4 is 29.2 Å². The molecule has 0 bridgehead atoms. The maximum Gasteiger partial charge on any atom is 0.417 e. The first-order chi connectivity index (χ1) is 18.7. The number of hydrogen-bond acceptors (Lipinski definition) is 7. The molecule has 12 heteroatoms. The van der Waals surface area contributed by atoms with E-state index >= 15 is 0 Å². The van der Waals surface area contributed by atoms with Gasteiger partial charge in [-0.1, -0.05) is 48.5 Å². The number of aromatic nitrogens is 1. The number of aliphatic imine (C=N–C) groups is 1. The van der Waals surface area contributed by atoms with E-state index in [-0.39, 0.29) is 17.7 Å². The van der Waals surface area contributed by atoms with Crippen LogP contribution >= 0.6 is 0 Å². The number of amides is 1. The maximum atomic E-state index is 13.2. The number of alkyl halides is 3. The second-order valence-corrected chi connectivity index (χ2v) is 8.51. The summed E-state index contributed by atoms with van der Waals surface area (Å²) in [7, 11) is 1.47. The third-order valence-electron chi connectivity index (χ3n) is 5.77. The van der Waals surface area contributed by atoms with Crippen molar-refractivity contribution < 1.29 is 27.4 Å². The zero-order valence-electron chi connectivity index (χ0n) is 20.8. The Kier molecular flexibility index (Phi) is 8.35. The minimum Gasteiger partial charge on any atom is -0.405 e. The lowest BCUT2D eigenvalue weighted by Gasteiger charge is -2.17. The monoisotopic (exact) mass is 538 g/mol. The zero-order chi connectivity index (χ0) is 28.0. The highest BCUT2D eigenvalue weighted by molar-refractivity contribution is 6.19. The fraction of sp³-hybridized carbons (Fsp3) is 0.222. The van der Waals surface area contributed by atoms with E-state index in [0.717, 1.165) is 11.6 Å². The summed E-state index contributed by atoms with van der Waals surface area (Å²) in [5, 5.41) is 21.8. The normalized spacial score (nSPS) is 14.9. The number of hydrogen-bond donors (Lipinski definition) is 4. The van der Waals surface area contributed by atoms with E-state index in [4.69, 9.17) is 20.3 Å². The number of fused-ring (bicyclic) bond motifs is 1. The number of benzodiazepines with no additional fused rings is 1. The molecule has 0 saturated carbocycles. The van der Waals surface area contributed by atoms with Crippen molar-refractivity contribution in [3.63, 3.8) is 0 Å². The molecule has 4 rings (SSSR count). The maximum absolute atomic E-state index is 13.2. The number of rotatable bonds is 7. The minimum atomic E-state index is -4.61. The largest absolute Gasteiger partial charge is 0.417 e. The van der Waals surface area contributed by atoms with E-state index in [0.29, 0.717) is 36.2 Å². The molecule has 202 valence electrons. The molecule has 2 aromatic carbocycles. The number of methoxy groups -OCH3 is 1. The zero-order valence-corrected chi connectivity index (χ0v) is 20.8. The van der Waals surface area contributed by atoms with E-state index in [9.17, 15) is 18.0 Å². The van der Waals surface area contributed by atoms with Crippen LogP contribution in [0.5, 0.6) is 0 Å². The topological polar surface area (TPSA) is 133 Å². The standard InChI is InChI=1S/C27H25F3N6O3/c1-38-13-7-10-17-14-18(27(28,29)30)15-33-22(17)23(31)39-26(32)36-24-25(37)34-20-12-6-5-11-19(20)21(35-24)16-8-3-2-4-9-16/h2-6,8-9,11-12,14-15,24,31H,7,10,13H2,1H3,(H2,32,36)(H,34,37). The van der Waals surface area contributed by atoms with Crippen molar-refractivity contribution in [2.45, 2.75) is 25.2 Å². The lowest BCUT2D eigenvalue weighted by Crippen LogP contribution is -2.43. The van der Waals surface area contributed by atoms with Gasteiger partial charge in [0.05, 0.1) is 17.0 Å². The number of carbonyl (C=O) groups excluding carboxylic acids is 1. The number of ether oxygens (including phenoxy) is 2. The highest BCUT2D eigenvalue weighted by Crippen LogP contribution is 2.30. The van der Waals surface area contributed by atoms with E-state index in [1.807, 2.05) is 42.5 Å². The molecule has 0 spiro atoms. The molecule has 1 aliphatic heterocycles. The Morgan fingerprint density at radius 1 is 1.10 bits per heavy atom. The Labute approximate surface area is 222 Å². The van der Waals surface area contributed by atoms with Gasteiger partial charge >= 0.3 is 6.18 Å². The number of para-hydroxylation sites is 1. The van der Waals surface area contributed by atoms with Crippen molar-refractivity contribution in [3.05, 3.63) is 94.8 Å². The quantitative estimate of drug-likeness (QED) is 0.202. The molecule has 2 heterocycles. The smallest absolute Gasteiger partial charge is 0.405 e. The first-order valence-corrected chi connectivity index (χ1v) is 11.9. The summed E-state index contributed by atoms with van der Waals surface area (Å²) in [6, 6.07) is 16.5. The molecular formula is C27H25F3N6O3. The molecule has 3 aromatic rings. The molecular weight excluding hydrogens is 513 g/mol. The van der Waals surface area contributed by atoms with Crippen LogP contribution in [0, 0.1) is 10.8 Å². The van der Waals surface area contributed by atoms with Crippen LogP contribution in [0.25, 0.3) is 0 Å². The Bertz CT molecular complexity index is 1410. The highest BCUT2D eigenvalue weighted by atomic mass is 19.4. The number of nitrogens with one attached hydrogen (secondary N) is 4. The first kappa shape index (κ1) is 27.5. The number of carbonyl (C=O) groups is 1. The summed E-state index contributed by atoms with van der Waals surface area (Å²) < 4.78 is 49.9. The van der Waals surface area contributed by atoms with Gasteiger partial charge in [-0.15, -0.1) is 0 Å². The van der Waals surface area contributed by atoms with Crippen LogP contribution in [-0.4, -0.2) is 48.4 Å². The number of anilines is 1. The van der Waals surface area contributed by atoms with Gasteiger partial charge in [-0.3, -0.25) is 20.6 Å². The van der Waals surface area contributed by atoms with Gasteiger partial charge in [-0.25, -0.2) is 4.99 Å². The molecule has 39 heavy (non-hydrogen) atoms. The molecule has 1 atom stereocenters. The number of aryl methyl sites for hydroxylation is 1. The van der Waals surface area contributed by atoms with Crippen LogP contribution in [0.15, 0.2) is 71.9 Å². The van der Waals surface area contributed by atoms with E-state index < -0.39 is 35.7 Å². The molecule has 1 unspecified atom stereocenters. The second kappa shape index (κ2) is 11.9. The van der Waals surface area contributed by atoms with Gasteiger partial charge < -0.3 is 20.1 Å². The van der Waals surface area contributed by atoms with Gasteiger partial charge in [-0.2, -0.15) is 13.2 Å². The molecule has 1 amide bonds. The van der Waals surface area contributed by atoms with Crippen molar-refractivity contribution in [2.24, 2.45) is 4.99 Å². The SMILES string of the molecule is COCCCc1cc(C(F)(F)F)cnc1C(=N)OC(=N)NC1N=C(c2ccccc2)c2ccccc2NC1=O. The van der Waals surface area contributed by atoms with Crippen LogP contribution in [0.1, 0.15) is 34.4 Å². The van der Waals surface area contributed by atoms with Crippen molar-refractivity contribution in [2.75, 3.05) is 19.0 Å². The molecule has 0 saturated heterocycles. The summed E-state index contributed by atoms with van der Waals surface area (Å²) in [5.74, 6) is -1.22. The number of amidine groups is 1. The number of pyridine rings is 1. The van der Waals surface area contributed by atoms with Gasteiger partial charge in [0.25, 0.3) is 11.9 Å². The van der Waals surface area contributed by atoms with Crippen LogP contribution in [0.2, 0.25) is 0 Å². The van der Waals surface area contributed by atoms with Crippen LogP contribution < -0.4 is 10.6 Å². The Morgan fingerprint density at radius 3 is 2.54 bits per heavy atom. The van der Waals surface area contributed by atoms with Gasteiger partial charge in [0.2, 0.25) is 12.1 Å². The molecule has 4 N–H and O–H groups in total. The lowest BCUT2D eigenvalue weighted by molar-refractivity contribution is -0.137. The minimum absolute atomic E-state index is 0.117. The average molecular weight is 539 g/mol. The second-order valence-electron chi connectivity index (χ2n) is 8.51. The van der Waals surface area contributed by atoms with E-state index in [2.05, 4.69) is 20.6 Å². The summed E-state index contributed by atoms with van der Waals surface area (Å²) in [6.07, 6.45) is -4.78. The molecule has 1 aliphatic rings. The Morgan fingerprint density at radius 2 is 1.82 bits per heavy atom. The van der Waals surface area contributed by atoms with Gasteiger partial charge in [0.1, 0.15) is 5.69 Å². The van der Waals surface area contributed by atoms with E-state index in [1.165, 1.54) is 7.11 Å². The summed E-state index contributed by atoms with van der Waals surface area (Å²) in [4.78, 5) is 21.3. The molecule has 0 aliphatic carbocycles. The number of nitrogens with zero attached hydrogens (tertiary/aromatic N) is 2. The number of benzene rings is 2. The van der Waals surface area contributed by atoms with Crippen LogP contribution in [0.4, 0.5) is 18.9 Å². The summed E-state index contributed by atoms with van der Waals surface area (Å²) >= 11 is 0. The Balaban J connectivity index is 1.56. The van der Waals surface area contributed by atoms with Gasteiger partial charge in [0, 0.05) is 31.0 Å². The van der Waals surface area contributed by atoms with Crippen molar-refractivity contribution in [1.82, 2.24) is 10.3 Å². The number of halogens is 3. The van der Waals surface area contributed by atoms with Gasteiger partial charge in [0.15, 0.2) is 0 Å². The third kappa shape index (κ3) is 6.65. The predicted octanol–water partition coefficient (Wildman–Crippen LogP) is 4.36. The first-order valence-electron chi connectivity index (χ1n) is 11.9. The average Bonchev–Trinajstić information content (AvgIpc) is 3.04. The van der Waals surface area contributed by atoms with Crippen LogP contribution in [0.3, 0.4) is 0 Å². The van der Waals surface area contributed by atoms with E-state index in [1.54, 1.807) is 12.1 Å². The Hall–Kier alpha value is -4.58. The van der Waals surface area contributed by atoms with Crippen molar-refractivity contribution in [1.29, 1.82) is 10.8 Å². The summed E-state index contributed by atoms with van der Waals surface area (Å²) in [6.45, 7) is 0.294. The lowest BCUT2D eigenvalue weighted by atomic mass is 10.0. The highest BCUT2D eigenvalue weighted by Gasteiger charge is 2.32. The molecule has 1 aromatic heterocycles. The fourth-order valence-electron chi connectivity index (χ4n) is 3.95. The third-order valence-corrected chi connectivity index (χ3v) is 5.77. The summed E-state index contributed by atoms with van der Waals surface area (Å²) in [5.41, 5.74) is 1.44. The molecule has 9 nitrogen and oxygen atoms in total. The molecule has 0 fully saturated rings. The predicted molar refractivity (Wildman–Crippen MR) is 139 cm³/mol. The molecule has 0 radical (unpaired) electrons. The van der Waals surface area contributed by atoms with Crippen molar-refractivity contribution in [3.8, 4) is 0 Å². The fourth-order valence-corrected chi connectivity index (χ4v) is 3.95.